The molecule has 1 aromatic rings. The number of piperidine rings is 1. The number of anilines is 2. The minimum atomic E-state index is 1.04. The lowest BCUT2D eigenvalue weighted by molar-refractivity contribution is 0.573. The Morgan fingerprint density at radius 2 is 2.06 bits per heavy atom. The molecule has 0 bridgehead atoms. The largest absolute Gasteiger partial charge is 0.384 e. The maximum Gasteiger partial charge on any atom is 0.128 e. The van der Waals surface area contributed by atoms with E-state index in [-0.39, 0.29) is 0 Å². The summed E-state index contributed by atoms with van der Waals surface area (Å²) < 4.78 is 0. The Kier molecular flexibility index (Phi) is 4.65. The highest BCUT2D eigenvalue weighted by Gasteiger charge is 2.11. The number of nitrogens with one attached hydrogen (secondary N) is 1. The molecule has 0 aliphatic carbocycles. The number of hydrogen-bond donors (Lipinski definition) is 1. The fourth-order valence-electron chi connectivity index (χ4n) is 2.21. The first kappa shape index (κ1) is 12.2. The molecule has 17 heavy (non-hydrogen) atoms. The number of unbranched alkanes of at least 4 members (excludes halogenated alkanes) is 1. The van der Waals surface area contributed by atoms with Gasteiger partial charge in [-0.05, 0) is 37.8 Å². The third-order valence-corrected chi connectivity index (χ3v) is 3.29. The molecule has 3 nitrogen and oxygen atoms in total. The molecule has 0 radical (unpaired) electrons. The summed E-state index contributed by atoms with van der Waals surface area (Å²) in [6.07, 6.45) is 8.38. The van der Waals surface area contributed by atoms with E-state index in [1.165, 1.54) is 32.1 Å². The molecular formula is C14H23N3. The maximum absolute atomic E-state index is 4.54. The van der Waals surface area contributed by atoms with Crippen LogP contribution in [0.3, 0.4) is 0 Å². The standard InChI is InChI=1S/C14H23N3/c1-2-3-9-15-13-7-8-14(16-12-13)17-10-5-4-6-11-17/h7-8,12,15H,2-6,9-11H2,1H3. The Morgan fingerprint density at radius 1 is 1.24 bits per heavy atom. The van der Waals surface area contributed by atoms with Gasteiger partial charge in [0.15, 0.2) is 0 Å². The summed E-state index contributed by atoms with van der Waals surface area (Å²) in [6.45, 7) is 5.58. The molecule has 1 aromatic heterocycles. The van der Waals surface area contributed by atoms with Gasteiger partial charge in [-0.1, -0.05) is 13.3 Å². The predicted octanol–water partition coefficient (Wildman–Crippen LogP) is 3.28. The lowest BCUT2D eigenvalue weighted by atomic mass is 10.1. The minimum Gasteiger partial charge on any atom is -0.384 e. The zero-order chi connectivity index (χ0) is 11.9. The minimum absolute atomic E-state index is 1.04. The molecule has 0 saturated carbocycles. The normalized spacial score (nSPS) is 15.9. The van der Waals surface area contributed by atoms with Crippen molar-refractivity contribution < 1.29 is 0 Å². The summed E-state index contributed by atoms with van der Waals surface area (Å²) in [5.41, 5.74) is 1.14. The zero-order valence-electron chi connectivity index (χ0n) is 10.8. The molecule has 94 valence electrons. The third-order valence-electron chi connectivity index (χ3n) is 3.29. The van der Waals surface area contributed by atoms with Crippen LogP contribution in [0.4, 0.5) is 11.5 Å². The highest BCUT2D eigenvalue weighted by Crippen LogP contribution is 2.18. The van der Waals surface area contributed by atoms with E-state index in [0.29, 0.717) is 0 Å². The van der Waals surface area contributed by atoms with E-state index in [1.54, 1.807) is 0 Å². The molecule has 1 saturated heterocycles. The van der Waals surface area contributed by atoms with Gasteiger partial charge >= 0.3 is 0 Å². The van der Waals surface area contributed by atoms with Gasteiger partial charge in [-0.25, -0.2) is 4.98 Å². The smallest absolute Gasteiger partial charge is 0.128 e. The highest BCUT2D eigenvalue weighted by molar-refractivity contribution is 5.48. The van der Waals surface area contributed by atoms with Crippen LogP contribution in [0.1, 0.15) is 39.0 Å². The van der Waals surface area contributed by atoms with Crippen molar-refractivity contribution in [3.63, 3.8) is 0 Å². The summed E-state index contributed by atoms with van der Waals surface area (Å²) in [5, 5.41) is 3.39. The van der Waals surface area contributed by atoms with E-state index >= 15 is 0 Å². The fourth-order valence-corrected chi connectivity index (χ4v) is 2.21. The molecule has 0 atom stereocenters. The van der Waals surface area contributed by atoms with E-state index in [4.69, 9.17) is 0 Å². The van der Waals surface area contributed by atoms with Gasteiger partial charge in [0.25, 0.3) is 0 Å². The molecule has 0 amide bonds. The highest BCUT2D eigenvalue weighted by atomic mass is 15.2. The lowest BCUT2D eigenvalue weighted by Gasteiger charge is -2.27. The number of pyridine rings is 1. The molecule has 2 rings (SSSR count). The van der Waals surface area contributed by atoms with E-state index in [1.807, 2.05) is 6.20 Å². The Bertz CT molecular complexity index is 315. The second-order valence-electron chi connectivity index (χ2n) is 4.73. The zero-order valence-corrected chi connectivity index (χ0v) is 10.8. The summed E-state index contributed by atoms with van der Waals surface area (Å²) in [4.78, 5) is 6.93. The van der Waals surface area contributed by atoms with Gasteiger partial charge in [0.05, 0.1) is 11.9 Å². The molecule has 2 heterocycles. The van der Waals surface area contributed by atoms with Crippen molar-refractivity contribution >= 4 is 11.5 Å². The first-order valence-corrected chi connectivity index (χ1v) is 6.85. The summed E-state index contributed by atoms with van der Waals surface area (Å²) in [6, 6.07) is 4.28. The average molecular weight is 233 g/mol. The van der Waals surface area contributed by atoms with Crippen LogP contribution in [0.5, 0.6) is 0 Å². The molecule has 1 aliphatic heterocycles. The van der Waals surface area contributed by atoms with Crippen LogP contribution >= 0.6 is 0 Å². The van der Waals surface area contributed by atoms with Gasteiger partial charge < -0.3 is 10.2 Å². The first-order chi connectivity index (χ1) is 8.40. The van der Waals surface area contributed by atoms with E-state index in [2.05, 4.69) is 34.3 Å². The monoisotopic (exact) mass is 233 g/mol. The number of rotatable bonds is 5. The van der Waals surface area contributed by atoms with Crippen LogP contribution in [0, 0.1) is 0 Å². The van der Waals surface area contributed by atoms with Crippen LogP contribution in [0.15, 0.2) is 18.3 Å². The van der Waals surface area contributed by atoms with Crippen molar-refractivity contribution in [3.05, 3.63) is 18.3 Å². The summed E-state index contributed by atoms with van der Waals surface area (Å²) in [5.74, 6) is 1.13. The Hall–Kier alpha value is -1.25. The Morgan fingerprint density at radius 3 is 2.71 bits per heavy atom. The summed E-state index contributed by atoms with van der Waals surface area (Å²) in [7, 11) is 0. The number of hydrogen-bond acceptors (Lipinski definition) is 3. The van der Waals surface area contributed by atoms with Gasteiger partial charge in [0.2, 0.25) is 0 Å². The Balaban J connectivity index is 1.88. The van der Waals surface area contributed by atoms with E-state index < -0.39 is 0 Å². The topological polar surface area (TPSA) is 28.2 Å². The fraction of sp³-hybridized carbons (Fsp3) is 0.643. The molecule has 0 unspecified atom stereocenters. The van der Waals surface area contributed by atoms with Gasteiger partial charge in [0, 0.05) is 19.6 Å². The summed E-state index contributed by atoms with van der Waals surface area (Å²) >= 11 is 0. The van der Waals surface area contributed by atoms with Crippen LogP contribution < -0.4 is 10.2 Å². The van der Waals surface area contributed by atoms with Crippen molar-refractivity contribution in [2.24, 2.45) is 0 Å². The second kappa shape index (κ2) is 6.48. The van der Waals surface area contributed by atoms with Crippen LogP contribution in [0.25, 0.3) is 0 Å². The van der Waals surface area contributed by atoms with Crippen molar-refractivity contribution in [3.8, 4) is 0 Å². The predicted molar refractivity (Wildman–Crippen MR) is 73.7 cm³/mol. The molecule has 1 N–H and O–H groups in total. The van der Waals surface area contributed by atoms with Gasteiger partial charge in [-0.3, -0.25) is 0 Å². The van der Waals surface area contributed by atoms with Gasteiger partial charge in [-0.2, -0.15) is 0 Å². The number of nitrogens with zero attached hydrogens (tertiary/aromatic N) is 2. The third kappa shape index (κ3) is 3.62. The van der Waals surface area contributed by atoms with Gasteiger partial charge in [0.1, 0.15) is 5.82 Å². The molecule has 1 fully saturated rings. The van der Waals surface area contributed by atoms with E-state index in [9.17, 15) is 0 Å². The van der Waals surface area contributed by atoms with Crippen molar-refractivity contribution in [2.75, 3.05) is 29.9 Å². The van der Waals surface area contributed by atoms with Gasteiger partial charge in [-0.15, -0.1) is 0 Å². The molecular weight excluding hydrogens is 210 g/mol. The SMILES string of the molecule is CCCCNc1ccc(N2CCCCC2)nc1. The second-order valence-corrected chi connectivity index (χ2v) is 4.73. The molecule has 0 spiro atoms. The lowest BCUT2D eigenvalue weighted by Crippen LogP contribution is -2.30. The maximum atomic E-state index is 4.54. The van der Waals surface area contributed by atoms with Crippen molar-refractivity contribution in [2.45, 2.75) is 39.0 Å². The van der Waals surface area contributed by atoms with Crippen LogP contribution in [0.2, 0.25) is 0 Å². The molecule has 3 heteroatoms. The van der Waals surface area contributed by atoms with E-state index in [0.717, 1.165) is 31.1 Å². The number of aromatic nitrogens is 1. The average Bonchev–Trinajstić information content (AvgIpc) is 2.41. The van der Waals surface area contributed by atoms with Crippen LogP contribution in [-0.2, 0) is 0 Å². The van der Waals surface area contributed by atoms with Crippen molar-refractivity contribution in [1.82, 2.24) is 4.98 Å². The Labute approximate surface area is 104 Å². The van der Waals surface area contributed by atoms with Crippen LogP contribution in [-0.4, -0.2) is 24.6 Å². The first-order valence-electron chi connectivity index (χ1n) is 6.85. The van der Waals surface area contributed by atoms with Crippen molar-refractivity contribution in [1.29, 1.82) is 0 Å². The molecule has 1 aliphatic rings. The molecule has 0 aromatic carbocycles. The quantitative estimate of drug-likeness (QED) is 0.791.